The van der Waals surface area contributed by atoms with Crippen LogP contribution in [0.5, 0.6) is 0 Å². The lowest BCUT2D eigenvalue weighted by molar-refractivity contribution is -0.111. The van der Waals surface area contributed by atoms with Crippen molar-refractivity contribution < 1.29 is 9.21 Å². The first kappa shape index (κ1) is 26.5. The maximum atomic E-state index is 11.8. The van der Waals surface area contributed by atoms with E-state index in [1.807, 2.05) is 24.3 Å². The van der Waals surface area contributed by atoms with E-state index in [2.05, 4.69) is 60.7 Å². The van der Waals surface area contributed by atoms with E-state index in [-0.39, 0.29) is 5.91 Å². The first-order valence-corrected chi connectivity index (χ1v) is 15.0. The standard InChI is InChI=1S/C33H35N7O2/c1-2-30(41)34-26-13-9-22-6-5-7-24-19-29(36-37-31(24)28(22)20-26)32-38-39-33(42-32)35-25-12-8-21-10-14-27(15-11-23(21)18-25)40-16-3-4-17-40/h2,8-9,12-13,18-20,27H,1,3-7,10-11,14-17H2,(H,34,41)(H,35,39). The van der Waals surface area contributed by atoms with Crippen molar-refractivity contribution in [1.29, 1.82) is 0 Å². The molecular weight excluding hydrogens is 526 g/mol. The Hall–Kier alpha value is -4.37. The average Bonchev–Trinajstić information content (AvgIpc) is 3.63. The topological polar surface area (TPSA) is 109 Å². The van der Waals surface area contributed by atoms with Crippen molar-refractivity contribution in [1.82, 2.24) is 25.3 Å². The summed E-state index contributed by atoms with van der Waals surface area (Å²) in [5.74, 6) is 0.0792. The molecule has 0 saturated carbocycles. The Morgan fingerprint density at radius 3 is 2.48 bits per heavy atom. The predicted octanol–water partition coefficient (Wildman–Crippen LogP) is 5.89. The van der Waals surface area contributed by atoms with Gasteiger partial charge in [-0.3, -0.25) is 4.79 Å². The lowest BCUT2D eigenvalue weighted by Gasteiger charge is -2.25. The van der Waals surface area contributed by atoms with Gasteiger partial charge in [0.15, 0.2) is 5.69 Å². The Labute approximate surface area is 245 Å². The number of carbonyl (C=O) groups is 1. The summed E-state index contributed by atoms with van der Waals surface area (Å²) >= 11 is 0. The van der Waals surface area contributed by atoms with E-state index < -0.39 is 0 Å². The minimum Gasteiger partial charge on any atom is -0.401 e. The molecule has 9 nitrogen and oxygen atoms in total. The molecule has 1 fully saturated rings. The summed E-state index contributed by atoms with van der Waals surface area (Å²) in [6.07, 6.45) is 11.4. The third-order valence-corrected chi connectivity index (χ3v) is 8.84. The zero-order valence-electron chi connectivity index (χ0n) is 23.7. The van der Waals surface area contributed by atoms with Gasteiger partial charge in [0.25, 0.3) is 5.89 Å². The second-order valence-corrected chi connectivity index (χ2v) is 11.5. The smallest absolute Gasteiger partial charge is 0.320 e. The number of nitrogens with one attached hydrogen (secondary N) is 2. The molecule has 2 aromatic heterocycles. The van der Waals surface area contributed by atoms with Crippen molar-refractivity contribution in [2.24, 2.45) is 0 Å². The number of aryl methyl sites for hydroxylation is 4. The molecule has 2 N–H and O–H groups in total. The Morgan fingerprint density at radius 2 is 1.62 bits per heavy atom. The maximum absolute atomic E-state index is 11.8. The Kier molecular flexibility index (Phi) is 7.25. The van der Waals surface area contributed by atoms with Gasteiger partial charge in [-0.1, -0.05) is 23.8 Å². The molecule has 2 aliphatic carbocycles. The molecule has 0 bridgehead atoms. The second-order valence-electron chi connectivity index (χ2n) is 11.5. The number of aromatic nitrogens is 4. The molecule has 3 heterocycles. The van der Waals surface area contributed by atoms with E-state index in [0.717, 1.165) is 54.6 Å². The van der Waals surface area contributed by atoms with Gasteiger partial charge >= 0.3 is 6.01 Å². The molecule has 1 unspecified atom stereocenters. The molecule has 1 aliphatic heterocycles. The molecule has 42 heavy (non-hydrogen) atoms. The number of benzene rings is 2. The average molecular weight is 562 g/mol. The molecule has 4 aromatic rings. The molecule has 1 atom stereocenters. The van der Waals surface area contributed by atoms with Gasteiger partial charge in [0.1, 0.15) is 0 Å². The quantitative estimate of drug-likeness (QED) is 0.221. The fourth-order valence-corrected chi connectivity index (χ4v) is 6.65. The third kappa shape index (κ3) is 5.44. The highest BCUT2D eigenvalue weighted by Crippen LogP contribution is 2.35. The zero-order valence-corrected chi connectivity index (χ0v) is 23.7. The number of hydrogen-bond acceptors (Lipinski definition) is 8. The van der Waals surface area contributed by atoms with Crippen LogP contribution >= 0.6 is 0 Å². The molecule has 9 heteroatoms. The van der Waals surface area contributed by atoms with Crippen LogP contribution in [0.4, 0.5) is 17.4 Å². The molecule has 3 aliphatic rings. The van der Waals surface area contributed by atoms with Gasteiger partial charge in [-0.15, -0.1) is 15.3 Å². The van der Waals surface area contributed by atoms with E-state index in [0.29, 0.717) is 29.3 Å². The van der Waals surface area contributed by atoms with E-state index >= 15 is 0 Å². The highest BCUT2D eigenvalue weighted by atomic mass is 16.4. The lowest BCUT2D eigenvalue weighted by Crippen LogP contribution is -2.32. The third-order valence-electron chi connectivity index (χ3n) is 8.84. The summed E-state index contributed by atoms with van der Waals surface area (Å²) in [7, 11) is 0. The van der Waals surface area contributed by atoms with Gasteiger partial charge in [-0.2, -0.15) is 0 Å². The van der Waals surface area contributed by atoms with E-state index in [1.54, 1.807) is 0 Å². The first-order valence-electron chi connectivity index (χ1n) is 15.0. The highest BCUT2D eigenvalue weighted by Gasteiger charge is 2.25. The number of hydrogen-bond donors (Lipinski definition) is 2. The lowest BCUT2D eigenvalue weighted by atomic mass is 10.0. The van der Waals surface area contributed by atoms with Crippen LogP contribution in [0, 0.1) is 0 Å². The van der Waals surface area contributed by atoms with E-state index in [1.165, 1.54) is 61.5 Å². The zero-order chi connectivity index (χ0) is 28.5. The van der Waals surface area contributed by atoms with Crippen molar-refractivity contribution >= 4 is 23.3 Å². The minimum atomic E-state index is -0.247. The molecule has 1 amide bonds. The molecule has 2 aromatic carbocycles. The summed E-state index contributed by atoms with van der Waals surface area (Å²) in [5, 5.41) is 23.7. The van der Waals surface area contributed by atoms with Crippen LogP contribution in [-0.2, 0) is 30.5 Å². The summed E-state index contributed by atoms with van der Waals surface area (Å²) in [5.41, 5.74) is 9.10. The number of fused-ring (bicyclic) bond motifs is 4. The monoisotopic (exact) mass is 561 g/mol. The van der Waals surface area contributed by atoms with Crippen molar-refractivity contribution in [2.45, 2.75) is 63.8 Å². The van der Waals surface area contributed by atoms with Gasteiger partial charge in [0.2, 0.25) is 5.91 Å². The summed E-state index contributed by atoms with van der Waals surface area (Å²) in [4.78, 5) is 14.5. The van der Waals surface area contributed by atoms with Crippen molar-refractivity contribution in [2.75, 3.05) is 23.7 Å². The summed E-state index contributed by atoms with van der Waals surface area (Å²) < 4.78 is 5.99. The molecule has 0 radical (unpaired) electrons. The number of rotatable bonds is 6. The first-order chi connectivity index (χ1) is 20.6. The molecule has 214 valence electrons. The van der Waals surface area contributed by atoms with Gasteiger partial charge in [0.05, 0.1) is 5.69 Å². The molecular formula is C33H35N7O2. The molecule has 0 spiro atoms. The van der Waals surface area contributed by atoms with Crippen LogP contribution in [0.1, 0.15) is 54.4 Å². The van der Waals surface area contributed by atoms with Crippen LogP contribution in [0.25, 0.3) is 22.8 Å². The van der Waals surface area contributed by atoms with Crippen LogP contribution in [-0.4, -0.2) is 50.3 Å². The fraction of sp³-hybridized carbons (Fsp3) is 0.364. The molecule has 1 saturated heterocycles. The molecule has 7 rings (SSSR count). The number of amides is 1. The van der Waals surface area contributed by atoms with Gasteiger partial charge in [-0.25, -0.2) is 0 Å². The van der Waals surface area contributed by atoms with Crippen LogP contribution < -0.4 is 10.6 Å². The number of nitrogens with zero attached hydrogens (tertiary/aromatic N) is 5. The van der Waals surface area contributed by atoms with Crippen LogP contribution in [0.2, 0.25) is 0 Å². The maximum Gasteiger partial charge on any atom is 0.320 e. The normalized spacial score (nSPS) is 18.2. The second kappa shape index (κ2) is 11.5. The Bertz CT molecular complexity index is 1640. The highest BCUT2D eigenvalue weighted by molar-refractivity contribution is 5.99. The summed E-state index contributed by atoms with van der Waals surface area (Å²) in [6.45, 7) is 6.05. The van der Waals surface area contributed by atoms with Crippen molar-refractivity contribution in [3.63, 3.8) is 0 Å². The van der Waals surface area contributed by atoms with E-state index in [4.69, 9.17) is 4.42 Å². The van der Waals surface area contributed by atoms with E-state index in [9.17, 15) is 4.79 Å². The largest absolute Gasteiger partial charge is 0.401 e. The van der Waals surface area contributed by atoms with Gasteiger partial charge < -0.3 is 20.0 Å². The number of anilines is 3. The number of carbonyl (C=O) groups excluding carboxylic acids is 1. The predicted molar refractivity (Wildman–Crippen MR) is 163 cm³/mol. The van der Waals surface area contributed by atoms with Crippen molar-refractivity contribution in [3.8, 4) is 22.8 Å². The van der Waals surface area contributed by atoms with Crippen LogP contribution in [0.15, 0.2) is 59.5 Å². The Balaban J connectivity index is 1.08. The Morgan fingerprint density at radius 1 is 0.833 bits per heavy atom. The van der Waals surface area contributed by atoms with Gasteiger partial charge in [-0.05, 0) is 130 Å². The minimum absolute atomic E-state index is 0.247. The number of likely N-dealkylation sites (tertiary alicyclic amines) is 1. The SMILES string of the molecule is C=CC(=O)Nc1ccc2c(c1)-c1nnc(-c3nnc(Nc4ccc5c(c4)CCC(N4CCCC4)CC5)o3)cc1CCC2. The van der Waals surface area contributed by atoms with Crippen LogP contribution in [0.3, 0.4) is 0 Å². The van der Waals surface area contributed by atoms with Gasteiger partial charge in [0, 0.05) is 23.0 Å². The summed E-state index contributed by atoms with van der Waals surface area (Å²) in [6, 6.07) is 15.5. The van der Waals surface area contributed by atoms with Crippen molar-refractivity contribution in [3.05, 3.63) is 77.4 Å². The fourth-order valence-electron chi connectivity index (χ4n) is 6.65.